The molecule has 0 radical (unpaired) electrons. The number of carbonyl (C=O) groups is 2. The van der Waals surface area contributed by atoms with Crippen LogP contribution in [0, 0.1) is 5.92 Å². The first-order valence-electron chi connectivity index (χ1n) is 8.34. The van der Waals surface area contributed by atoms with Crippen molar-refractivity contribution in [2.75, 3.05) is 24.5 Å². The molecular formula is C18H20BrN3O3. The van der Waals surface area contributed by atoms with Gasteiger partial charge in [0.15, 0.2) is 0 Å². The number of pyridine rings is 1. The number of furan rings is 1. The number of likely N-dealkylation sites (tertiary alicyclic amines) is 1. The molecule has 2 amide bonds. The van der Waals surface area contributed by atoms with Gasteiger partial charge in [0.05, 0.1) is 11.8 Å². The van der Waals surface area contributed by atoms with E-state index in [0.717, 1.165) is 4.47 Å². The van der Waals surface area contributed by atoms with Crippen molar-refractivity contribution < 1.29 is 14.0 Å². The lowest BCUT2D eigenvalue weighted by atomic mass is 9.95. The van der Waals surface area contributed by atoms with Gasteiger partial charge in [-0.15, -0.1) is 0 Å². The maximum atomic E-state index is 12.9. The number of amides is 2. The summed E-state index contributed by atoms with van der Waals surface area (Å²) in [6, 6.07) is 5.38. The van der Waals surface area contributed by atoms with Gasteiger partial charge in [-0.05, 0) is 53.9 Å². The molecule has 0 atom stereocenters. The molecule has 1 saturated heterocycles. The van der Waals surface area contributed by atoms with Crippen LogP contribution in [-0.4, -0.2) is 41.3 Å². The van der Waals surface area contributed by atoms with E-state index < -0.39 is 0 Å². The summed E-state index contributed by atoms with van der Waals surface area (Å²) < 4.78 is 5.85. The molecule has 0 saturated carbocycles. The minimum Gasteiger partial charge on any atom is -0.472 e. The van der Waals surface area contributed by atoms with Crippen molar-refractivity contribution in [1.29, 1.82) is 0 Å². The molecule has 132 valence electrons. The smallest absolute Gasteiger partial charge is 0.257 e. The second-order valence-corrected chi connectivity index (χ2v) is 6.91. The molecule has 7 heteroatoms. The van der Waals surface area contributed by atoms with Gasteiger partial charge in [0, 0.05) is 36.2 Å². The van der Waals surface area contributed by atoms with Crippen molar-refractivity contribution >= 4 is 33.6 Å². The number of rotatable bonds is 4. The minimum atomic E-state index is -0.0844. The third-order valence-electron chi connectivity index (χ3n) is 4.47. The molecule has 25 heavy (non-hydrogen) atoms. The van der Waals surface area contributed by atoms with Crippen LogP contribution in [0.25, 0.3) is 0 Å². The number of aromatic nitrogens is 1. The average Bonchev–Trinajstić information content (AvgIpc) is 3.18. The van der Waals surface area contributed by atoms with Gasteiger partial charge in [-0.3, -0.25) is 14.5 Å². The summed E-state index contributed by atoms with van der Waals surface area (Å²) in [6.45, 7) is 3.66. The van der Waals surface area contributed by atoms with E-state index in [1.165, 1.54) is 12.5 Å². The molecule has 0 aliphatic carbocycles. The van der Waals surface area contributed by atoms with Crippen LogP contribution in [0.4, 0.5) is 5.82 Å². The van der Waals surface area contributed by atoms with E-state index in [9.17, 15) is 9.59 Å². The summed E-state index contributed by atoms with van der Waals surface area (Å²) >= 11 is 3.36. The molecule has 2 aromatic heterocycles. The first-order valence-corrected chi connectivity index (χ1v) is 9.14. The molecule has 1 fully saturated rings. The van der Waals surface area contributed by atoms with Crippen LogP contribution in [-0.2, 0) is 4.79 Å². The average molecular weight is 406 g/mol. The number of hydrogen-bond acceptors (Lipinski definition) is 4. The Labute approximate surface area is 154 Å². The molecule has 1 aliphatic rings. The topological polar surface area (TPSA) is 66.7 Å². The summed E-state index contributed by atoms with van der Waals surface area (Å²) in [6.07, 6.45) is 5.97. The predicted octanol–water partition coefficient (Wildman–Crippen LogP) is 3.34. The van der Waals surface area contributed by atoms with Gasteiger partial charge < -0.3 is 9.32 Å². The van der Waals surface area contributed by atoms with Crippen LogP contribution < -0.4 is 4.90 Å². The molecule has 3 heterocycles. The summed E-state index contributed by atoms with van der Waals surface area (Å²) in [7, 11) is 0. The second kappa shape index (κ2) is 7.82. The first-order chi connectivity index (χ1) is 12.1. The Morgan fingerprint density at radius 2 is 2.08 bits per heavy atom. The lowest BCUT2D eigenvalue weighted by molar-refractivity contribution is -0.123. The summed E-state index contributed by atoms with van der Waals surface area (Å²) in [5.74, 6) is 0.612. The molecule has 0 N–H and O–H groups in total. The zero-order valence-electron chi connectivity index (χ0n) is 14.0. The predicted molar refractivity (Wildman–Crippen MR) is 97.3 cm³/mol. The zero-order chi connectivity index (χ0) is 17.8. The van der Waals surface area contributed by atoms with Crippen molar-refractivity contribution in [3.63, 3.8) is 0 Å². The number of hydrogen-bond donors (Lipinski definition) is 0. The van der Waals surface area contributed by atoms with E-state index in [1.807, 2.05) is 19.1 Å². The molecule has 2 aromatic rings. The largest absolute Gasteiger partial charge is 0.472 e. The highest BCUT2D eigenvalue weighted by atomic mass is 79.9. The maximum Gasteiger partial charge on any atom is 0.257 e. The third-order valence-corrected chi connectivity index (χ3v) is 4.94. The highest BCUT2D eigenvalue weighted by Crippen LogP contribution is 2.24. The first kappa shape index (κ1) is 17.7. The molecule has 0 unspecified atom stereocenters. The summed E-state index contributed by atoms with van der Waals surface area (Å²) in [5.41, 5.74) is 0.555. The normalized spacial score (nSPS) is 15.2. The summed E-state index contributed by atoms with van der Waals surface area (Å²) in [5, 5.41) is 0. The molecule has 3 rings (SSSR count). The van der Waals surface area contributed by atoms with Gasteiger partial charge in [-0.1, -0.05) is 0 Å². The van der Waals surface area contributed by atoms with Crippen LogP contribution in [0.15, 0.2) is 45.8 Å². The van der Waals surface area contributed by atoms with E-state index in [0.29, 0.717) is 43.9 Å². The Morgan fingerprint density at radius 3 is 2.64 bits per heavy atom. The number of anilines is 1. The SMILES string of the molecule is CCN(C(=O)C1CCN(C(=O)c2ccoc2)CC1)c1ccc(Br)cn1. The number of halogens is 1. The van der Waals surface area contributed by atoms with Crippen LogP contribution in [0.3, 0.4) is 0 Å². The van der Waals surface area contributed by atoms with Gasteiger partial charge in [0.1, 0.15) is 12.1 Å². The Bertz CT molecular complexity index is 723. The van der Waals surface area contributed by atoms with Crippen molar-refractivity contribution in [3.05, 3.63) is 47.0 Å². The van der Waals surface area contributed by atoms with Crippen LogP contribution in [0.5, 0.6) is 0 Å². The van der Waals surface area contributed by atoms with Gasteiger partial charge in [-0.25, -0.2) is 4.98 Å². The van der Waals surface area contributed by atoms with Crippen LogP contribution in [0.2, 0.25) is 0 Å². The molecule has 6 nitrogen and oxygen atoms in total. The van der Waals surface area contributed by atoms with Crippen LogP contribution in [0.1, 0.15) is 30.1 Å². The Hall–Kier alpha value is -2.15. The van der Waals surface area contributed by atoms with E-state index in [-0.39, 0.29) is 17.7 Å². The third kappa shape index (κ3) is 3.92. The highest BCUT2D eigenvalue weighted by molar-refractivity contribution is 9.10. The standard InChI is InChI=1S/C18H20BrN3O3/c1-2-22(16-4-3-15(19)11-20-16)18(24)13-5-8-21(9-6-13)17(23)14-7-10-25-12-14/h3-4,7,10-13H,2,5-6,8-9H2,1H3. The fraction of sp³-hybridized carbons (Fsp3) is 0.389. The van der Waals surface area contributed by atoms with Gasteiger partial charge in [0.2, 0.25) is 5.91 Å². The summed E-state index contributed by atoms with van der Waals surface area (Å²) in [4.78, 5) is 33.0. The van der Waals surface area contributed by atoms with Crippen molar-refractivity contribution in [1.82, 2.24) is 9.88 Å². The monoisotopic (exact) mass is 405 g/mol. The van der Waals surface area contributed by atoms with E-state index in [2.05, 4.69) is 20.9 Å². The molecule has 0 bridgehead atoms. The highest BCUT2D eigenvalue weighted by Gasteiger charge is 2.31. The molecular weight excluding hydrogens is 386 g/mol. The van der Waals surface area contributed by atoms with Gasteiger partial charge in [-0.2, -0.15) is 0 Å². The van der Waals surface area contributed by atoms with Crippen molar-refractivity contribution in [2.24, 2.45) is 5.92 Å². The fourth-order valence-corrected chi connectivity index (χ4v) is 3.31. The van der Waals surface area contributed by atoms with E-state index in [4.69, 9.17) is 4.42 Å². The molecule has 0 spiro atoms. The van der Waals surface area contributed by atoms with Gasteiger partial charge in [0.25, 0.3) is 5.91 Å². The number of nitrogens with zero attached hydrogens (tertiary/aromatic N) is 3. The number of piperidine rings is 1. The Morgan fingerprint density at radius 1 is 1.32 bits per heavy atom. The Balaban J connectivity index is 1.62. The van der Waals surface area contributed by atoms with E-state index >= 15 is 0 Å². The maximum absolute atomic E-state index is 12.9. The quantitative estimate of drug-likeness (QED) is 0.781. The lowest BCUT2D eigenvalue weighted by Gasteiger charge is -2.33. The zero-order valence-corrected chi connectivity index (χ0v) is 15.6. The van der Waals surface area contributed by atoms with Crippen LogP contribution >= 0.6 is 15.9 Å². The van der Waals surface area contributed by atoms with Crippen molar-refractivity contribution in [3.8, 4) is 0 Å². The van der Waals surface area contributed by atoms with E-state index in [1.54, 1.807) is 22.1 Å². The Kier molecular flexibility index (Phi) is 5.53. The van der Waals surface area contributed by atoms with Crippen molar-refractivity contribution in [2.45, 2.75) is 19.8 Å². The minimum absolute atomic E-state index is 0.0402. The number of carbonyl (C=O) groups excluding carboxylic acids is 2. The van der Waals surface area contributed by atoms with Gasteiger partial charge >= 0.3 is 0 Å². The second-order valence-electron chi connectivity index (χ2n) is 6.00. The lowest BCUT2D eigenvalue weighted by Crippen LogP contribution is -2.44. The molecule has 0 aromatic carbocycles. The molecule has 1 aliphatic heterocycles. The fourth-order valence-electron chi connectivity index (χ4n) is 3.08.